The van der Waals surface area contributed by atoms with Crippen LogP contribution in [0, 0.1) is 52.3 Å². The molecule has 3 aliphatic heterocycles. The number of carbonyl (C=O) groups excluding carboxylic acids is 2. The number of ether oxygens (including phenoxy) is 2. The highest BCUT2D eigenvalue weighted by molar-refractivity contribution is 6.07. The molecule has 69 heavy (non-hydrogen) atoms. The number of phenols is 1. The summed E-state index contributed by atoms with van der Waals surface area (Å²) < 4.78 is 13.5. The van der Waals surface area contributed by atoms with E-state index in [-0.39, 0.29) is 46.8 Å². The molecule has 0 unspecified atom stereocenters. The second-order valence-electron chi connectivity index (χ2n) is 22.8. The van der Waals surface area contributed by atoms with Gasteiger partial charge in [0, 0.05) is 23.6 Å². The van der Waals surface area contributed by atoms with Gasteiger partial charge in [-0.15, -0.1) is 0 Å². The number of piperidine rings is 1. The Kier molecular flexibility index (Phi) is 12.9. The van der Waals surface area contributed by atoms with Gasteiger partial charge in [-0.2, -0.15) is 0 Å². The predicted molar refractivity (Wildman–Crippen MR) is 273 cm³/mol. The average molecular weight is 930 g/mol. The number of cyclic esters (lactones) is 2. The summed E-state index contributed by atoms with van der Waals surface area (Å²) in [4.78, 5) is 30.2. The summed E-state index contributed by atoms with van der Waals surface area (Å²) in [5.74, 6) is 3.37. The molecule has 8 nitrogen and oxygen atoms in total. The SMILES string of the molecule is CC[C@H](/C=C1\OC(=O)C2=C(c3cc(O)ccc3-c3cccc(CNC)c3)[C@@H]3CC[C@@]21[C@H]1C2=C(CC[C@@H]31)C(=C1CC[C@@H]3CCC[C@@]3([C@@H]3CCN[C@H](NCCCC(C)C)C3)C1)OC2=O)Cc1ccccc1. The molecule has 364 valence electrons. The number of nitrogens with one attached hydrogen (secondary N) is 3. The van der Waals surface area contributed by atoms with Crippen molar-refractivity contribution in [1.29, 1.82) is 0 Å². The maximum absolute atomic E-state index is 15.1. The molecule has 3 heterocycles. The molecule has 3 aromatic rings. The van der Waals surface area contributed by atoms with Gasteiger partial charge < -0.3 is 30.5 Å². The number of hydrogen-bond donors (Lipinski definition) is 4. The van der Waals surface area contributed by atoms with E-state index in [0.717, 1.165) is 140 Å². The van der Waals surface area contributed by atoms with E-state index in [1.807, 2.05) is 19.2 Å². The molecule has 0 amide bonds. The van der Waals surface area contributed by atoms with Crippen molar-refractivity contribution in [2.24, 2.45) is 52.3 Å². The number of carbonyl (C=O) groups is 2. The third-order valence-corrected chi connectivity index (χ3v) is 18.7. The normalized spacial score (nSPS) is 32.6. The molecule has 9 atom stereocenters. The Morgan fingerprint density at radius 3 is 2.55 bits per heavy atom. The second kappa shape index (κ2) is 19.1. The van der Waals surface area contributed by atoms with Gasteiger partial charge in [-0.1, -0.05) is 81.8 Å². The smallest absolute Gasteiger partial charge is 0.340 e. The van der Waals surface area contributed by atoms with Crippen LogP contribution in [0.2, 0.25) is 0 Å². The Hall–Kier alpha value is -4.76. The molecule has 6 aliphatic carbocycles. The summed E-state index contributed by atoms with van der Waals surface area (Å²) >= 11 is 0. The second-order valence-corrected chi connectivity index (χ2v) is 22.8. The van der Waals surface area contributed by atoms with Crippen molar-refractivity contribution in [3.63, 3.8) is 0 Å². The van der Waals surface area contributed by atoms with Crippen LogP contribution < -0.4 is 16.0 Å². The summed E-state index contributed by atoms with van der Waals surface area (Å²) in [6, 6.07) is 24.8. The van der Waals surface area contributed by atoms with Gasteiger partial charge in [-0.3, -0.25) is 0 Å². The number of aromatic hydroxyl groups is 1. The molecule has 12 rings (SSSR count). The molecular formula is C61H75N3O5. The molecule has 3 saturated carbocycles. The van der Waals surface area contributed by atoms with Crippen molar-refractivity contribution in [1.82, 2.24) is 16.0 Å². The number of benzene rings is 3. The minimum absolute atomic E-state index is 0.00805. The maximum Gasteiger partial charge on any atom is 0.340 e. The van der Waals surface area contributed by atoms with E-state index in [4.69, 9.17) is 9.47 Å². The van der Waals surface area contributed by atoms with Crippen molar-refractivity contribution < 1.29 is 24.2 Å². The zero-order valence-electron chi connectivity index (χ0n) is 41.6. The van der Waals surface area contributed by atoms with Crippen LogP contribution in [0.1, 0.15) is 134 Å². The standard InChI is InChI=1S/C61H75N3O5/c1-5-38(30-39-13-7-6-8-14-39)32-51-61-27-24-47(53(56(61)59(67)68-51)50-34-45(65)20-21-46(50)41-16-9-15-40(31-41)36-62-4)48-22-23-49-54(55(48)61)58(66)69-57(49)42-18-19-43-17-10-26-60(43,35-42)44-25-29-64-52(33-44)63-28-11-12-37(2)3/h6-9,13-16,20-21,31-32,34,37-38,43-44,47-48,52,55,62-65H,5,10-12,17-19,22-30,33,35-36H2,1-4H3/b51-32-,57-42?/t38-,43-,44+,47+,48-,52-,55+,60+,61+/m0/s1. The monoisotopic (exact) mass is 930 g/mol. The van der Waals surface area contributed by atoms with Crippen LogP contribution in [-0.4, -0.2) is 43.3 Å². The molecule has 1 spiro atoms. The van der Waals surface area contributed by atoms with E-state index in [1.54, 1.807) is 6.07 Å². The first-order valence-corrected chi connectivity index (χ1v) is 27.1. The number of hydrogen-bond acceptors (Lipinski definition) is 8. The number of rotatable bonds is 14. The fourth-order valence-electron chi connectivity index (χ4n) is 15.7. The molecule has 0 radical (unpaired) electrons. The summed E-state index contributed by atoms with van der Waals surface area (Å²) in [7, 11) is 1.96. The van der Waals surface area contributed by atoms with Crippen LogP contribution in [0.3, 0.4) is 0 Å². The van der Waals surface area contributed by atoms with Crippen LogP contribution >= 0.6 is 0 Å². The van der Waals surface area contributed by atoms with Gasteiger partial charge in [0.2, 0.25) is 0 Å². The van der Waals surface area contributed by atoms with Crippen LogP contribution in [0.4, 0.5) is 0 Å². The lowest BCUT2D eigenvalue weighted by Gasteiger charge is -2.56. The van der Waals surface area contributed by atoms with E-state index >= 15 is 9.59 Å². The minimum atomic E-state index is -0.830. The van der Waals surface area contributed by atoms with E-state index in [0.29, 0.717) is 17.7 Å². The first-order chi connectivity index (χ1) is 33.6. The fourth-order valence-corrected chi connectivity index (χ4v) is 15.7. The first kappa shape index (κ1) is 46.6. The summed E-state index contributed by atoms with van der Waals surface area (Å²) in [5.41, 5.74) is 9.77. The predicted octanol–water partition coefficient (Wildman–Crippen LogP) is 12.1. The van der Waals surface area contributed by atoms with E-state index in [1.165, 1.54) is 56.1 Å². The molecule has 4 N–H and O–H groups in total. The highest BCUT2D eigenvalue weighted by Gasteiger charge is 2.69. The summed E-state index contributed by atoms with van der Waals surface area (Å²) in [5, 5.41) is 22.3. The number of phenolic OH excluding ortho intramolecular Hbond substituents is 1. The van der Waals surface area contributed by atoms with E-state index in [2.05, 4.69) is 97.4 Å². The van der Waals surface area contributed by atoms with Gasteiger partial charge >= 0.3 is 11.9 Å². The fraction of sp³-hybridized carbons (Fsp3) is 0.541. The molecule has 2 bridgehead atoms. The number of esters is 2. The molecule has 3 aromatic carbocycles. The Morgan fingerprint density at radius 1 is 0.870 bits per heavy atom. The quantitative estimate of drug-likeness (QED) is 0.0935. The van der Waals surface area contributed by atoms with Crippen LogP contribution in [0.5, 0.6) is 5.75 Å². The third-order valence-electron chi connectivity index (χ3n) is 18.7. The Labute approximate surface area is 410 Å². The van der Waals surface area contributed by atoms with Crippen LogP contribution in [-0.2, 0) is 32.0 Å². The summed E-state index contributed by atoms with van der Waals surface area (Å²) in [6.07, 6.45) is 19.5. The number of allylic oxidation sites excluding steroid dienone is 5. The average Bonchev–Trinajstić information content (AvgIpc) is 4.04. The Morgan fingerprint density at radius 2 is 1.72 bits per heavy atom. The van der Waals surface area contributed by atoms with Crippen molar-refractivity contribution in [3.05, 3.63) is 129 Å². The number of fused-ring (bicyclic) bond motifs is 2. The molecule has 0 aromatic heterocycles. The topological polar surface area (TPSA) is 109 Å². The van der Waals surface area contributed by atoms with Crippen molar-refractivity contribution in [3.8, 4) is 16.9 Å². The van der Waals surface area contributed by atoms with Crippen molar-refractivity contribution in [2.75, 3.05) is 20.1 Å². The lowest BCUT2D eigenvalue weighted by atomic mass is 9.44. The lowest BCUT2D eigenvalue weighted by Crippen LogP contribution is -2.52. The van der Waals surface area contributed by atoms with Gasteiger partial charge in [0.05, 0.1) is 17.2 Å². The molecule has 9 aliphatic rings. The zero-order chi connectivity index (χ0) is 47.4. The third kappa shape index (κ3) is 8.18. The zero-order valence-corrected chi connectivity index (χ0v) is 41.6. The van der Waals surface area contributed by atoms with Crippen LogP contribution in [0.25, 0.3) is 16.7 Å². The van der Waals surface area contributed by atoms with Gasteiger partial charge in [-0.25, -0.2) is 9.59 Å². The summed E-state index contributed by atoms with van der Waals surface area (Å²) in [6.45, 7) is 9.69. The lowest BCUT2D eigenvalue weighted by molar-refractivity contribution is -0.135. The van der Waals surface area contributed by atoms with Gasteiger partial charge in [0.1, 0.15) is 17.3 Å². The molecule has 8 heteroatoms. The van der Waals surface area contributed by atoms with Gasteiger partial charge in [0.25, 0.3) is 0 Å². The van der Waals surface area contributed by atoms with E-state index in [9.17, 15) is 5.11 Å². The minimum Gasteiger partial charge on any atom is -0.508 e. The molecular weight excluding hydrogens is 855 g/mol. The molecule has 5 fully saturated rings. The Balaban J connectivity index is 1.02. The van der Waals surface area contributed by atoms with Crippen molar-refractivity contribution in [2.45, 2.75) is 136 Å². The Bertz CT molecular complexity index is 2610. The first-order valence-electron chi connectivity index (χ1n) is 27.1. The van der Waals surface area contributed by atoms with Gasteiger partial charge in [-0.05, 0) is 221 Å². The maximum atomic E-state index is 15.1. The van der Waals surface area contributed by atoms with E-state index < -0.39 is 5.41 Å². The molecule has 2 saturated heterocycles. The van der Waals surface area contributed by atoms with Crippen LogP contribution in [0.15, 0.2) is 113 Å². The largest absolute Gasteiger partial charge is 0.508 e. The van der Waals surface area contributed by atoms with Gasteiger partial charge in [0.15, 0.2) is 0 Å². The highest BCUT2D eigenvalue weighted by Crippen LogP contribution is 2.73. The van der Waals surface area contributed by atoms with Crippen molar-refractivity contribution >= 4 is 17.5 Å². The highest BCUT2D eigenvalue weighted by atomic mass is 16.6.